The van der Waals surface area contributed by atoms with E-state index in [9.17, 15) is 23.5 Å². The van der Waals surface area contributed by atoms with E-state index in [4.69, 9.17) is 4.74 Å². The molecule has 4 N–H and O–H groups in total. The van der Waals surface area contributed by atoms with E-state index in [-0.39, 0.29) is 17.4 Å². The molecular weight excluding hydrogens is 492 g/mol. The van der Waals surface area contributed by atoms with Gasteiger partial charge in [-0.2, -0.15) is 0 Å². The van der Waals surface area contributed by atoms with Gasteiger partial charge in [0.25, 0.3) is 0 Å². The number of benzene rings is 3. The van der Waals surface area contributed by atoms with E-state index in [1.54, 1.807) is 31.4 Å². The second-order valence-corrected chi connectivity index (χ2v) is 9.85. The van der Waals surface area contributed by atoms with Crippen molar-refractivity contribution in [2.45, 2.75) is 37.8 Å². The molecule has 3 aromatic rings. The van der Waals surface area contributed by atoms with Gasteiger partial charge in [0.05, 0.1) is 30.0 Å². The summed E-state index contributed by atoms with van der Waals surface area (Å²) < 4.78 is 33.8. The number of carbonyl (C=O) groups excluding carboxylic acids is 1. The van der Waals surface area contributed by atoms with Crippen LogP contribution in [0.5, 0.6) is 5.75 Å². The van der Waals surface area contributed by atoms with Gasteiger partial charge in [0, 0.05) is 17.8 Å². The summed E-state index contributed by atoms with van der Waals surface area (Å²) in [5.41, 5.74) is 0.793. The number of methoxy groups -OCH3 is 1. The summed E-state index contributed by atoms with van der Waals surface area (Å²) in [4.78, 5) is 25.4. The summed E-state index contributed by atoms with van der Waals surface area (Å²) in [7, 11) is 1.56. The zero-order valence-electron chi connectivity index (χ0n) is 20.9. The van der Waals surface area contributed by atoms with Crippen molar-refractivity contribution in [3.8, 4) is 5.75 Å². The zero-order valence-corrected chi connectivity index (χ0v) is 20.9. The SMILES string of the molecule is COc1ccc(C2(C(C(=O)Nc3ccc(C(=O)O)cc3)C3CCCCC3)Nc3cc(F)c(F)cc3N2)cc1. The molecule has 5 rings (SSSR count). The molecule has 0 bridgehead atoms. The number of rotatable bonds is 7. The number of ether oxygens (including phenoxy) is 1. The van der Waals surface area contributed by atoms with Gasteiger partial charge in [-0.15, -0.1) is 0 Å². The van der Waals surface area contributed by atoms with Crippen LogP contribution in [0, 0.1) is 23.5 Å². The molecule has 1 amide bonds. The quantitative estimate of drug-likeness (QED) is 0.296. The molecule has 1 unspecified atom stereocenters. The highest BCUT2D eigenvalue weighted by Crippen LogP contribution is 2.49. The van der Waals surface area contributed by atoms with E-state index >= 15 is 0 Å². The maximum Gasteiger partial charge on any atom is 0.335 e. The van der Waals surface area contributed by atoms with Crippen LogP contribution in [0.15, 0.2) is 60.7 Å². The first-order valence-electron chi connectivity index (χ1n) is 12.6. The van der Waals surface area contributed by atoms with Crippen molar-refractivity contribution in [1.82, 2.24) is 0 Å². The molecule has 198 valence electrons. The van der Waals surface area contributed by atoms with E-state index < -0.39 is 29.2 Å². The Balaban J connectivity index is 1.59. The van der Waals surface area contributed by atoms with Crippen molar-refractivity contribution < 1.29 is 28.2 Å². The number of halogens is 2. The Morgan fingerprint density at radius 2 is 1.53 bits per heavy atom. The predicted octanol–water partition coefficient (Wildman–Crippen LogP) is 6.20. The fourth-order valence-corrected chi connectivity index (χ4v) is 5.69. The molecule has 1 heterocycles. The largest absolute Gasteiger partial charge is 0.497 e. The van der Waals surface area contributed by atoms with Crippen molar-refractivity contribution in [3.05, 3.63) is 83.4 Å². The number of carbonyl (C=O) groups is 2. The lowest BCUT2D eigenvalue weighted by Gasteiger charge is -2.43. The van der Waals surface area contributed by atoms with E-state index in [0.29, 0.717) is 28.4 Å². The molecule has 38 heavy (non-hydrogen) atoms. The Morgan fingerprint density at radius 1 is 0.947 bits per heavy atom. The molecule has 0 aromatic heterocycles. The number of carboxylic acid groups (broad SMARTS) is 1. The van der Waals surface area contributed by atoms with Crippen molar-refractivity contribution in [2.75, 3.05) is 23.1 Å². The summed E-state index contributed by atoms with van der Waals surface area (Å²) >= 11 is 0. The van der Waals surface area contributed by atoms with Gasteiger partial charge in [-0.1, -0.05) is 31.4 Å². The van der Waals surface area contributed by atoms with Crippen LogP contribution >= 0.6 is 0 Å². The Hall–Kier alpha value is -4.14. The van der Waals surface area contributed by atoms with Crippen molar-refractivity contribution in [2.24, 2.45) is 11.8 Å². The van der Waals surface area contributed by atoms with E-state index in [1.807, 2.05) is 12.1 Å². The minimum Gasteiger partial charge on any atom is -0.497 e. The van der Waals surface area contributed by atoms with Gasteiger partial charge >= 0.3 is 5.97 Å². The third-order valence-corrected chi connectivity index (χ3v) is 7.54. The molecular formula is C29H29F2N3O4. The third-order valence-electron chi connectivity index (χ3n) is 7.54. The van der Waals surface area contributed by atoms with Gasteiger partial charge in [-0.25, -0.2) is 13.6 Å². The van der Waals surface area contributed by atoms with Crippen LogP contribution in [-0.2, 0) is 10.5 Å². The fourth-order valence-electron chi connectivity index (χ4n) is 5.69. The zero-order chi connectivity index (χ0) is 26.9. The highest BCUT2D eigenvalue weighted by molar-refractivity contribution is 5.96. The Morgan fingerprint density at radius 3 is 2.05 bits per heavy atom. The normalized spacial score (nSPS) is 17.0. The highest BCUT2D eigenvalue weighted by atomic mass is 19.2. The van der Waals surface area contributed by atoms with Crippen LogP contribution in [-0.4, -0.2) is 24.1 Å². The van der Waals surface area contributed by atoms with Gasteiger partial charge in [-0.3, -0.25) is 4.79 Å². The van der Waals surface area contributed by atoms with Crippen LogP contribution in [0.25, 0.3) is 0 Å². The van der Waals surface area contributed by atoms with Crippen LogP contribution in [0.2, 0.25) is 0 Å². The smallest absolute Gasteiger partial charge is 0.335 e. The molecule has 7 nitrogen and oxygen atoms in total. The second-order valence-electron chi connectivity index (χ2n) is 9.85. The maximum absolute atomic E-state index is 14.2. The molecule has 1 aliphatic carbocycles. The first-order chi connectivity index (χ1) is 18.3. The van der Waals surface area contributed by atoms with Gasteiger partial charge in [0.2, 0.25) is 5.91 Å². The molecule has 1 fully saturated rings. The molecule has 0 spiro atoms. The van der Waals surface area contributed by atoms with Gasteiger partial charge in [-0.05, 0) is 60.7 Å². The van der Waals surface area contributed by atoms with Crippen LogP contribution in [0.3, 0.4) is 0 Å². The minimum absolute atomic E-state index is 0.0341. The standard InChI is InChI=1S/C29H29F2N3O4/c1-38-21-13-9-19(10-14-21)29(33-24-15-22(30)23(31)16-25(24)34-29)26(17-5-3-2-4-6-17)27(35)32-20-11-7-18(8-12-20)28(36)37/h7-17,26,33-34H,2-6H2,1H3,(H,32,35)(H,36,37). The first-order valence-corrected chi connectivity index (χ1v) is 12.6. The summed E-state index contributed by atoms with van der Waals surface area (Å²) in [6, 6.07) is 15.4. The molecule has 1 saturated carbocycles. The summed E-state index contributed by atoms with van der Waals surface area (Å²) in [6.07, 6.45) is 4.65. The number of hydrogen-bond donors (Lipinski definition) is 4. The number of fused-ring (bicyclic) bond motifs is 1. The van der Waals surface area contributed by atoms with Crippen molar-refractivity contribution in [1.29, 1.82) is 0 Å². The number of nitrogens with one attached hydrogen (secondary N) is 3. The lowest BCUT2D eigenvalue weighted by Crippen LogP contribution is -2.54. The number of anilines is 3. The van der Waals surface area contributed by atoms with Gasteiger partial charge < -0.3 is 25.8 Å². The van der Waals surface area contributed by atoms with E-state index in [1.165, 1.54) is 12.1 Å². The average molecular weight is 522 g/mol. The molecule has 1 aliphatic heterocycles. The lowest BCUT2D eigenvalue weighted by molar-refractivity contribution is -0.124. The minimum atomic E-state index is -1.21. The summed E-state index contributed by atoms with van der Waals surface area (Å²) in [5, 5.41) is 18.9. The monoisotopic (exact) mass is 521 g/mol. The first kappa shape index (κ1) is 25.5. The summed E-state index contributed by atoms with van der Waals surface area (Å²) in [6.45, 7) is 0. The topological polar surface area (TPSA) is 99.7 Å². The fraction of sp³-hybridized carbons (Fsp3) is 0.310. The number of carboxylic acids is 1. The van der Waals surface area contributed by atoms with Crippen molar-refractivity contribution in [3.63, 3.8) is 0 Å². The van der Waals surface area contributed by atoms with Crippen LogP contribution in [0.1, 0.15) is 48.0 Å². The Labute approximate surface area is 219 Å². The van der Waals surface area contributed by atoms with E-state index in [2.05, 4.69) is 16.0 Å². The lowest BCUT2D eigenvalue weighted by atomic mass is 9.71. The molecule has 0 radical (unpaired) electrons. The molecule has 2 aliphatic rings. The summed E-state index contributed by atoms with van der Waals surface area (Å²) in [5.74, 6) is -3.40. The van der Waals surface area contributed by atoms with Crippen LogP contribution in [0.4, 0.5) is 25.8 Å². The molecule has 9 heteroatoms. The predicted molar refractivity (Wildman–Crippen MR) is 140 cm³/mol. The second kappa shape index (κ2) is 10.3. The Kier molecular flexibility index (Phi) is 6.93. The number of hydrogen-bond acceptors (Lipinski definition) is 5. The van der Waals surface area contributed by atoms with Crippen molar-refractivity contribution >= 4 is 28.9 Å². The molecule has 1 atom stereocenters. The third kappa shape index (κ3) is 4.76. The van der Waals surface area contributed by atoms with Crippen LogP contribution < -0.4 is 20.7 Å². The number of amides is 1. The number of aromatic carboxylic acids is 1. The Bertz CT molecular complexity index is 1310. The van der Waals surface area contributed by atoms with E-state index in [0.717, 1.165) is 44.2 Å². The molecule has 3 aromatic carbocycles. The highest BCUT2D eigenvalue weighted by Gasteiger charge is 2.52. The molecule has 0 saturated heterocycles. The average Bonchev–Trinajstić information content (AvgIpc) is 3.28. The van der Waals surface area contributed by atoms with Gasteiger partial charge in [0.15, 0.2) is 11.6 Å². The van der Waals surface area contributed by atoms with Gasteiger partial charge in [0.1, 0.15) is 11.4 Å². The maximum atomic E-state index is 14.2.